The first-order valence-electron chi connectivity index (χ1n) is 5.22. The molecule has 1 rings (SSSR count). The molecule has 2 amide bonds. The molecule has 1 atom stereocenters. The van der Waals surface area contributed by atoms with Gasteiger partial charge in [-0.3, -0.25) is 20.4 Å². The fourth-order valence-corrected chi connectivity index (χ4v) is 1.53. The van der Waals surface area contributed by atoms with Crippen molar-refractivity contribution >= 4 is 11.8 Å². The molecule has 0 saturated heterocycles. The topological polar surface area (TPSA) is 123 Å². The van der Waals surface area contributed by atoms with Crippen molar-refractivity contribution in [2.24, 2.45) is 11.7 Å². The zero-order valence-electron chi connectivity index (χ0n) is 9.31. The molecule has 1 aromatic rings. The number of amides is 2. The lowest BCUT2D eigenvalue weighted by atomic mass is 9.98. The highest BCUT2D eigenvalue weighted by Crippen LogP contribution is 2.22. The minimum Gasteiger partial charge on any atom is -0.469 e. The van der Waals surface area contributed by atoms with Crippen LogP contribution in [-0.2, 0) is 9.59 Å². The highest BCUT2D eigenvalue weighted by molar-refractivity contribution is 5.82. The van der Waals surface area contributed by atoms with Crippen molar-refractivity contribution in [1.82, 2.24) is 10.9 Å². The van der Waals surface area contributed by atoms with E-state index in [1.54, 1.807) is 12.1 Å². The number of hydrazine groups is 2. The molecular weight excluding hydrogens is 224 g/mol. The summed E-state index contributed by atoms with van der Waals surface area (Å²) in [5, 5.41) is 0. The number of nitrogens with one attached hydrogen (secondary N) is 2. The van der Waals surface area contributed by atoms with Gasteiger partial charge in [0, 0.05) is 6.42 Å². The summed E-state index contributed by atoms with van der Waals surface area (Å²) in [6.45, 7) is 0. The third-order valence-electron chi connectivity index (χ3n) is 2.40. The molecule has 0 spiro atoms. The normalized spacial score (nSPS) is 11.9. The molecular formula is C10H16N4O3. The smallest absolute Gasteiger partial charge is 0.244 e. The van der Waals surface area contributed by atoms with E-state index < -0.39 is 5.92 Å². The highest BCUT2D eigenvalue weighted by atomic mass is 16.3. The first kappa shape index (κ1) is 13.2. The molecule has 94 valence electrons. The van der Waals surface area contributed by atoms with E-state index in [4.69, 9.17) is 16.1 Å². The van der Waals surface area contributed by atoms with E-state index in [9.17, 15) is 9.59 Å². The van der Waals surface area contributed by atoms with E-state index in [1.165, 1.54) is 6.26 Å². The zero-order valence-corrected chi connectivity index (χ0v) is 9.31. The highest BCUT2D eigenvalue weighted by Gasteiger charge is 2.22. The van der Waals surface area contributed by atoms with Crippen LogP contribution >= 0.6 is 0 Å². The van der Waals surface area contributed by atoms with Gasteiger partial charge in [-0.25, -0.2) is 11.7 Å². The summed E-state index contributed by atoms with van der Waals surface area (Å²) in [6, 6.07) is 3.39. The Balaban J connectivity index is 2.54. The first-order chi connectivity index (χ1) is 8.19. The van der Waals surface area contributed by atoms with Crippen LogP contribution in [0.5, 0.6) is 0 Å². The Morgan fingerprint density at radius 2 is 2.12 bits per heavy atom. The molecule has 0 radical (unpaired) electrons. The summed E-state index contributed by atoms with van der Waals surface area (Å²) in [4.78, 5) is 22.5. The van der Waals surface area contributed by atoms with Crippen LogP contribution in [0.2, 0.25) is 0 Å². The predicted octanol–water partition coefficient (Wildman–Crippen LogP) is -0.487. The number of hydrogen-bond acceptors (Lipinski definition) is 5. The van der Waals surface area contributed by atoms with Gasteiger partial charge in [-0.1, -0.05) is 0 Å². The molecule has 7 heteroatoms. The van der Waals surface area contributed by atoms with Crippen LogP contribution in [0.3, 0.4) is 0 Å². The number of rotatable bonds is 6. The average molecular weight is 240 g/mol. The molecule has 0 aliphatic heterocycles. The molecule has 6 N–H and O–H groups in total. The molecule has 1 aromatic heterocycles. The standard InChI is InChI=1S/C10H16N4O3/c11-13-9(15)5-1-3-7(10(16)14-12)8-4-2-6-17-8/h2,4,6-7H,1,3,5,11-12H2,(H,13,15)(H,14,16). The summed E-state index contributed by atoms with van der Waals surface area (Å²) in [5.41, 5.74) is 4.11. The molecule has 0 aliphatic carbocycles. The molecule has 1 unspecified atom stereocenters. The third-order valence-corrected chi connectivity index (χ3v) is 2.40. The van der Waals surface area contributed by atoms with Gasteiger partial charge < -0.3 is 4.42 Å². The zero-order chi connectivity index (χ0) is 12.7. The van der Waals surface area contributed by atoms with Crippen molar-refractivity contribution in [2.75, 3.05) is 0 Å². The van der Waals surface area contributed by atoms with E-state index in [2.05, 4.69) is 5.43 Å². The maximum absolute atomic E-state index is 11.5. The SMILES string of the molecule is NNC(=O)CCCC(C(=O)NN)c1ccco1. The molecule has 0 aliphatic rings. The van der Waals surface area contributed by atoms with Gasteiger partial charge in [-0.05, 0) is 25.0 Å². The van der Waals surface area contributed by atoms with Crippen molar-refractivity contribution in [2.45, 2.75) is 25.2 Å². The van der Waals surface area contributed by atoms with Gasteiger partial charge in [0.05, 0.1) is 12.2 Å². The van der Waals surface area contributed by atoms with Crippen LogP contribution in [0.25, 0.3) is 0 Å². The lowest BCUT2D eigenvalue weighted by molar-refractivity contribution is -0.124. The van der Waals surface area contributed by atoms with Crippen molar-refractivity contribution in [3.05, 3.63) is 24.2 Å². The monoisotopic (exact) mass is 240 g/mol. The minimum absolute atomic E-state index is 0.256. The van der Waals surface area contributed by atoms with E-state index >= 15 is 0 Å². The van der Waals surface area contributed by atoms with E-state index in [0.29, 0.717) is 18.6 Å². The quantitative estimate of drug-likeness (QED) is 0.303. The maximum Gasteiger partial charge on any atom is 0.244 e. The summed E-state index contributed by atoms with van der Waals surface area (Å²) in [6.07, 6.45) is 2.72. The maximum atomic E-state index is 11.5. The Morgan fingerprint density at radius 1 is 1.35 bits per heavy atom. The largest absolute Gasteiger partial charge is 0.469 e. The Labute approximate surface area is 98.5 Å². The predicted molar refractivity (Wildman–Crippen MR) is 60.0 cm³/mol. The van der Waals surface area contributed by atoms with E-state index in [0.717, 1.165) is 0 Å². The minimum atomic E-state index is -0.486. The van der Waals surface area contributed by atoms with Gasteiger partial charge in [-0.2, -0.15) is 0 Å². The van der Waals surface area contributed by atoms with Crippen LogP contribution in [0.15, 0.2) is 22.8 Å². The van der Waals surface area contributed by atoms with Crippen LogP contribution in [-0.4, -0.2) is 11.8 Å². The van der Waals surface area contributed by atoms with Crippen molar-refractivity contribution in [3.8, 4) is 0 Å². The van der Waals surface area contributed by atoms with Gasteiger partial charge in [0.2, 0.25) is 11.8 Å². The number of hydrogen-bond donors (Lipinski definition) is 4. The lowest BCUT2D eigenvalue weighted by Gasteiger charge is -2.12. The van der Waals surface area contributed by atoms with Gasteiger partial charge in [0.1, 0.15) is 5.76 Å². The van der Waals surface area contributed by atoms with E-state index in [1.807, 2.05) is 5.43 Å². The van der Waals surface area contributed by atoms with Crippen LogP contribution in [0.1, 0.15) is 30.9 Å². The van der Waals surface area contributed by atoms with Crippen LogP contribution < -0.4 is 22.5 Å². The number of carbonyl (C=O) groups excluding carboxylic acids is 2. The molecule has 7 nitrogen and oxygen atoms in total. The van der Waals surface area contributed by atoms with Gasteiger partial charge >= 0.3 is 0 Å². The van der Waals surface area contributed by atoms with Crippen LogP contribution in [0, 0.1) is 0 Å². The van der Waals surface area contributed by atoms with Crippen LogP contribution in [0.4, 0.5) is 0 Å². The molecule has 0 aromatic carbocycles. The fourth-order valence-electron chi connectivity index (χ4n) is 1.53. The van der Waals surface area contributed by atoms with Crippen molar-refractivity contribution in [1.29, 1.82) is 0 Å². The van der Waals surface area contributed by atoms with Gasteiger partial charge in [0.15, 0.2) is 0 Å². The summed E-state index contributed by atoms with van der Waals surface area (Å²) >= 11 is 0. The molecule has 0 bridgehead atoms. The van der Waals surface area contributed by atoms with Gasteiger partial charge in [0.25, 0.3) is 0 Å². The number of nitrogens with two attached hydrogens (primary N) is 2. The second kappa shape index (κ2) is 6.66. The Morgan fingerprint density at radius 3 is 2.65 bits per heavy atom. The molecule has 17 heavy (non-hydrogen) atoms. The Bertz CT molecular complexity index is 364. The van der Waals surface area contributed by atoms with Crippen molar-refractivity contribution < 1.29 is 14.0 Å². The Kier molecular flexibility index (Phi) is 5.18. The fraction of sp³-hybridized carbons (Fsp3) is 0.400. The molecule has 1 heterocycles. The third kappa shape index (κ3) is 3.89. The lowest BCUT2D eigenvalue weighted by Crippen LogP contribution is -2.35. The average Bonchev–Trinajstić information content (AvgIpc) is 2.86. The van der Waals surface area contributed by atoms with Crippen molar-refractivity contribution in [3.63, 3.8) is 0 Å². The van der Waals surface area contributed by atoms with E-state index in [-0.39, 0.29) is 18.2 Å². The van der Waals surface area contributed by atoms with Gasteiger partial charge in [-0.15, -0.1) is 0 Å². The molecule has 0 fully saturated rings. The summed E-state index contributed by atoms with van der Waals surface area (Å²) in [7, 11) is 0. The Hall–Kier alpha value is -1.86. The second-order valence-electron chi connectivity index (χ2n) is 3.54. The number of furan rings is 1. The second-order valence-corrected chi connectivity index (χ2v) is 3.54. The summed E-state index contributed by atoms with van der Waals surface area (Å²) in [5.74, 6) is 9.48. The summed E-state index contributed by atoms with van der Waals surface area (Å²) < 4.78 is 5.16. The first-order valence-corrected chi connectivity index (χ1v) is 5.22. The number of carbonyl (C=O) groups is 2. The molecule has 0 saturated carbocycles.